The van der Waals surface area contributed by atoms with E-state index in [4.69, 9.17) is 5.73 Å². The molecule has 2 N–H and O–H groups in total. The van der Waals surface area contributed by atoms with Crippen LogP contribution < -0.4 is 5.73 Å². The van der Waals surface area contributed by atoms with Crippen molar-refractivity contribution in [1.29, 1.82) is 0 Å². The number of hydrogen-bond acceptors (Lipinski definition) is 2. The zero-order chi connectivity index (χ0) is 9.80. The van der Waals surface area contributed by atoms with Crippen LogP contribution in [0.4, 0.5) is 0 Å². The third-order valence-corrected chi connectivity index (χ3v) is 4.11. The van der Waals surface area contributed by atoms with Crippen molar-refractivity contribution in [3.05, 3.63) is 35.9 Å². The first-order valence-corrected chi connectivity index (χ1v) is 6.33. The molecule has 0 aliphatic heterocycles. The van der Waals surface area contributed by atoms with Gasteiger partial charge >= 0.3 is 0 Å². The monoisotopic (exact) mass is 207 g/mol. The van der Waals surface area contributed by atoms with E-state index >= 15 is 0 Å². The molecular weight excluding hydrogens is 190 g/mol. The normalized spacial score (nSPS) is 24.9. The molecule has 1 saturated carbocycles. The van der Waals surface area contributed by atoms with Crippen LogP contribution in [-0.4, -0.2) is 17.5 Å². The van der Waals surface area contributed by atoms with Gasteiger partial charge in [0.25, 0.3) is 0 Å². The molecule has 0 spiro atoms. The van der Waals surface area contributed by atoms with E-state index in [9.17, 15) is 0 Å². The SMILES string of the molecule is NCCCSC1CC1c1ccccc1. The summed E-state index contributed by atoms with van der Waals surface area (Å²) in [6.45, 7) is 0.829. The maximum Gasteiger partial charge on any atom is 0.0122 e. The molecule has 0 heterocycles. The van der Waals surface area contributed by atoms with Gasteiger partial charge in [0.2, 0.25) is 0 Å². The molecule has 2 atom stereocenters. The minimum Gasteiger partial charge on any atom is -0.330 e. The van der Waals surface area contributed by atoms with E-state index in [1.807, 2.05) is 0 Å². The Bertz CT molecular complexity index is 273. The third kappa shape index (κ3) is 2.52. The lowest BCUT2D eigenvalue weighted by Crippen LogP contribution is -2.00. The predicted octanol–water partition coefficient (Wildman–Crippen LogP) is 2.62. The first-order valence-electron chi connectivity index (χ1n) is 5.28. The number of rotatable bonds is 5. The van der Waals surface area contributed by atoms with Gasteiger partial charge in [-0.2, -0.15) is 11.8 Å². The molecule has 2 rings (SSSR count). The highest BCUT2D eigenvalue weighted by Crippen LogP contribution is 2.49. The number of benzene rings is 1. The fourth-order valence-electron chi connectivity index (χ4n) is 1.72. The van der Waals surface area contributed by atoms with Gasteiger partial charge < -0.3 is 5.73 Å². The van der Waals surface area contributed by atoms with Crippen LogP contribution in [-0.2, 0) is 0 Å². The molecule has 1 aromatic rings. The van der Waals surface area contributed by atoms with Crippen LogP contribution in [0.2, 0.25) is 0 Å². The molecule has 1 aromatic carbocycles. The van der Waals surface area contributed by atoms with E-state index in [1.54, 1.807) is 0 Å². The molecule has 2 unspecified atom stereocenters. The lowest BCUT2D eigenvalue weighted by molar-refractivity contribution is 0.942. The van der Waals surface area contributed by atoms with E-state index < -0.39 is 0 Å². The summed E-state index contributed by atoms with van der Waals surface area (Å²) in [6, 6.07) is 10.8. The smallest absolute Gasteiger partial charge is 0.0122 e. The average Bonchev–Trinajstić information content (AvgIpc) is 2.99. The molecule has 0 saturated heterocycles. The summed E-state index contributed by atoms with van der Waals surface area (Å²) < 4.78 is 0. The van der Waals surface area contributed by atoms with E-state index in [0.29, 0.717) is 0 Å². The van der Waals surface area contributed by atoms with E-state index in [1.165, 1.54) is 17.7 Å². The van der Waals surface area contributed by atoms with Crippen LogP contribution in [0.1, 0.15) is 24.3 Å². The van der Waals surface area contributed by atoms with Gasteiger partial charge in [0.15, 0.2) is 0 Å². The summed E-state index contributed by atoms with van der Waals surface area (Å²) in [7, 11) is 0. The van der Waals surface area contributed by atoms with Crippen molar-refractivity contribution < 1.29 is 0 Å². The van der Waals surface area contributed by atoms with Gasteiger partial charge in [-0.3, -0.25) is 0 Å². The first-order chi connectivity index (χ1) is 6.92. The summed E-state index contributed by atoms with van der Waals surface area (Å²) in [6.07, 6.45) is 2.52. The highest BCUT2D eigenvalue weighted by atomic mass is 32.2. The summed E-state index contributed by atoms with van der Waals surface area (Å²) in [4.78, 5) is 0. The Kier molecular flexibility index (Phi) is 3.49. The highest BCUT2D eigenvalue weighted by molar-refractivity contribution is 8.00. The molecule has 1 fully saturated rings. The second-order valence-electron chi connectivity index (χ2n) is 3.80. The Balaban J connectivity index is 1.76. The van der Waals surface area contributed by atoms with Gasteiger partial charge in [0, 0.05) is 5.25 Å². The number of hydrogen-bond donors (Lipinski definition) is 1. The fourth-order valence-corrected chi connectivity index (χ4v) is 3.09. The van der Waals surface area contributed by atoms with Gasteiger partial charge in [-0.1, -0.05) is 30.3 Å². The Hall–Kier alpha value is -0.470. The third-order valence-electron chi connectivity index (χ3n) is 2.64. The molecule has 1 aliphatic rings. The average molecular weight is 207 g/mol. The number of nitrogens with two attached hydrogens (primary N) is 1. The van der Waals surface area contributed by atoms with E-state index in [2.05, 4.69) is 42.1 Å². The minimum atomic E-state index is 0.818. The molecule has 0 bridgehead atoms. The molecule has 14 heavy (non-hydrogen) atoms. The molecule has 0 aromatic heterocycles. The van der Waals surface area contributed by atoms with Gasteiger partial charge in [-0.05, 0) is 36.6 Å². The van der Waals surface area contributed by atoms with Crippen LogP contribution >= 0.6 is 11.8 Å². The van der Waals surface area contributed by atoms with Crippen LogP contribution in [0.25, 0.3) is 0 Å². The molecule has 1 aliphatic carbocycles. The van der Waals surface area contributed by atoms with Crippen molar-refractivity contribution in [1.82, 2.24) is 0 Å². The molecular formula is C12H17NS. The Morgan fingerprint density at radius 1 is 1.29 bits per heavy atom. The molecule has 2 heteroatoms. The summed E-state index contributed by atoms with van der Waals surface area (Å²) >= 11 is 2.09. The second kappa shape index (κ2) is 4.85. The lowest BCUT2D eigenvalue weighted by Gasteiger charge is -2.00. The van der Waals surface area contributed by atoms with Crippen molar-refractivity contribution in [3.8, 4) is 0 Å². The quantitative estimate of drug-likeness (QED) is 0.751. The zero-order valence-corrected chi connectivity index (χ0v) is 9.17. The Morgan fingerprint density at radius 2 is 2.07 bits per heavy atom. The molecule has 76 valence electrons. The van der Waals surface area contributed by atoms with Gasteiger partial charge in [0.05, 0.1) is 0 Å². The van der Waals surface area contributed by atoms with Crippen molar-refractivity contribution >= 4 is 11.8 Å². The topological polar surface area (TPSA) is 26.0 Å². The Morgan fingerprint density at radius 3 is 2.79 bits per heavy atom. The zero-order valence-electron chi connectivity index (χ0n) is 8.36. The largest absolute Gasteiger partial charge is 0.330 e. The number of thioether (sulfide) groups is 1. The summed E-state index contributed by atoms with van der Waals surface area (Å²) in [5.74, 6) is 2.05. The molecule has 0 amide bonds. The second-order valence-corrected chi connectivity index (χ2v) is 5.15. The standard InChI is InChI=1S/C12H17NS/c13-7-4-8-14-12-9-11(12)10-5-2-1-3-6-10/h1-3,5-6,11-12H,4,7-9,13H2. The van der Waals surface area contributed by atoms with Crippen molar-refractivity contribution in [3.63, 3.8) is 0 Å². The first kappa shape index (κ1) is 10.1. The van der Waals surface area contributed by atoms with Crippen LogP contribution in [0.3, 0.4) is 0 Å². The van der Waals surface area contributed by atoms with Crippen LogP contribution in [0, 0.1) is 0 Å². The van der Waals surface area contributed by atoms with Gasteiger partial charge in [-0.25, -0.2) is 0 Å². The van der Waals surface area contributed by atoms with E-state index in [-0.39, 0.29) is 0 Å². The fraction of sp³-hybridized carbons (Fsp3) is 0.500. The van der Waals surface area contributed by atoms with Crippen molar-refractivity contribution in [2.24, 2.45) is 5.73 Å². The predicted molar refractivity (Wildman–Crippen MR) is 63.7 cm³/mol. The van der Waals surface area contributed by atoms with E-state index in [0.717, 1.165) is 24.1 Å². The van der Waals surface area contributed by atoms with Crippen LogP contribution in [0.5, 0.6) is 0 Å². The lowest BCUT2D eigenvalue weighted by atomic mass is 10.1. The van der Waals surface area contributed by atoms with Crippen molar-refractivity contribution in [2.45, 2.75) is 24.0 Å². The maximum absolute atomic E-state index is 5.47. The highest BCUT2D eigenvalue weighted by Gasteiger charge is 2.37. The summed E-state index contributed by atoms with van der Waals surface area (Å²) in [5.41, 5.74) is 6.98. The Labute approximate surface area is 90.1 Å². The maximum atomic E-state index is 5.47. The van der Waals surface area contributed by atoms with Crippen LogP contribution in [0.15, 0.2) is 30.3 Å². The minimum absolute atomic E-state index is 0.818. The summed E-state index contributed by atoms with van der Waals surface area (Å²) in [5, 5.41) is 0.865. The van der Waals surface area contributed by atoms with Crippen molar-refractivity contribution in [2.75, 3.05) is 12.3 Å². The van der Waals surface area contributed by atoms with Gasteiger partial charge in [0.1, 0.15) is 0 Å². The molecule has 1 nitrogen and oxygen atoms in total. The van der Waals surface area contributed by atoms with Gasteiger partial charge in [-0.15, -0.1) is 0 Å². The molecule has 0 radical (unpaired) electrons.